The van der Waals surface area contributed by atoms with Gasteiger partial charge in [0.1, 0.15) is 4.99 Å². The monoisotopic (exact) mass is 280 g/mol. The Morgan fingerprint density at radius 2 is 2.11 bits per heavy atom. The molecule has 1 aromatic carbocycles. The molecule has 0 aliphatic heterocycles. The molecule has 0 bridgehead atoms. The molecule has 0 saturated heterocycles. The molecule has 0 saturated carbocycles. The predicted octanol–water partition coefficient (Wildman–Crippen LogP) is 3.19. The Kier molecular flexibility index (Phi) is 4.33. The molecule has 0 unspecified atom stereocenters. The number of benzene rings is 1. The van der Waals surface area contributed by atoms with Crippen molar-refractivity contribution < 1.29 is 4.52 Å². The van der Waals surface area contributed by atoms with Crippen molar-refractivity contribution >= 4 is 28.8 Å². The minimum absolute atomic E-state index is 0.353. The van der Waals surface area contributed by atoms with E-state index in [0.717, 1.165) is 17.0 Å². The summed E-state index contributed by atoms with van der Waals surface area (Å²) in [7, 11) is 0. The molecule has 94 valence electrons. The molecule has 0 amide bonds. The van der Waals surface area contributed by atoms with Crippen LogP contribution in [0.4, 0.5) is 0 Å². The molecule has 1 heterocycles. The van der Waals surface area contributed by atoms with Crippen LogP contribution in [0.25, 0.3) is 0 Å². The number of nitrogens with zero attached hydrogens (tertiary/aromatic N) is 1. The van der Waals surface area contributed by atoms with Gasteiger partial charge < -0.3 is 9.84 Å². The molecular formula is C13H13ClN2OS. The van der Waals surface area contributed by atoms with Gasteiger partial charge in [-0.25, -0.2) is 0 Å². The predicted molar refractivity (Wildman–Crippen MR) is 75.8 cm³/mol. The van der Waals surface area contributed by atoms with Crippen molar-refractivity contribution in [3.05, 3.63) is 52.9 Å². The second-order valence-corrected chi connectivity index (χ2v) is 4.64. The first kappa shape index (κ1) is 13.1. The number of hydrogen-bond donors (Lipinski definition) is 1. The molecule has 0 aliphatic rings. The second-order valence-electron chi connectivity index (χ2n) is 3.97. The molecule has 0 aliphatic carbocycles. The topological polar surface area (TPSA) is 38.1 Å². The third-order valence-corrected chi connectivity index (χ3v) is 3.14. The zero-order valence-electron chi connectivity index (χ0n) is 9.94. The number of thiocarbonyl (C=S) groups is 1. The molecule has 0 spiro atoms. The molecule has 0 fully saturated rings. The number of aromatic nitrogens is 1. The van der Waals surface area contributed by atoms with Crippen LogP contribution < -0.4 is 5.32 Å². The zero-order valence-corrected chi connectivity index (χ0v) is 11.5. The van der Waals surface area contributed by atoms with E-state index in [9.17, 15) is 0 Å². The second kappa shape index (κ2) is 5.98. The van der Waals surface area contributed by atoms with E-state index in [1.54, 1.807) is 0 Å². The maximum absolute atomic E-state index is 5.64. The summed E-state index contributed by atoms with van der Waals surface area (Å²) in [6, 6.07) is 9.87. The smallest absolute Gasteiger partial charge is 0.156 e. The van der Waals surface area contributed by atoms with Crippen LogP contribution in [0, 0.1) is 6.92 Å². The quantitative estimate of drug-likeness (QED) is 0.689. The molecule has 2 rings (SSSR count). The van der Waals surface area contributed by atoms with Crippen molar-refractivity contribution in [2.75, 3.05) is 0 Å². The van der Waals surface area contributed by atoms with E-state index in [2.05, 4.69) is 10.5 Å². The highest BCUT2D eigenvalue weighted by Gasteiger charge is 2.05. The van der Waals surface area contributed by atoms with E-state index in [4.69, 9.17) is 28.3 Å². The standard InChI is InChI=1S/C13H13ClN2OS/c1-9-2-4-10(5-3-9)13(18)15-8-12-6-11(7-14)16-17-12/h2-6H,7-8H2,1H3,(H,15,18). The van der Waals surface area contributed by atoms with Crippen molar-refractivity contribution in [1.82, 2.24) is 10.5 Å². The zero-order chi connectivity index (χ0) is 13.0. The fourth-order valence-corrected chi connectivity index (χ4v) is 1.81. The number of aryl methyl sites for hydroxylation is 1. The van der Waals surface area contributed by atoms with Crippen LogP contribution in [0.2, 0.25) is 0 Å². The van der Waals surface area contributed by atoms with E-state index >= 15 is 0 Å². The Labute approximate surface area is 116 Å². The van der Waals surface area contributed by atoms with Gasteiger partial charge in [0.2, 0.25) is 0 Å². The summed E-state index contributed by atoms with van der Waals surface area (Å²) in [6.07, 6.45) is 0. The molecule has 5 heteroatoms. The van der Waals surface area contributed by atoms with Gasteiger partial charge in [-0.2, -0.15) is 0 Å². The Morgan fingerprint density at radius 3 is 2.72 bits per heavy atom. The fraction of sp³-hybridized carbons (Fsp3) is 0.231. The van der Waals surface area contributed by atoms with E-state index in [1.165, 1.54) is 5.56 Å². The molecule has 18 heavy (non-hydrogen) atoms. The maximum Gasteiger partial charge on any atom is 0.156 e. The van der Waals surface area contributed by atoms with Crippen molar-refractivity contribution in [1.29, 1.82) is 0 Å². The van der Waals surface area contributed by atoms with Gasteiger partial charge in [0.05, 0.1) is 18.1 Å². The summed E-state index contributed by atoms with van der Waals surface area (Å²) in [6.45, 7) is 2.55. The summed E-state index contributed by atoms with van der Waals surface area (Å²) in [5.41, 5.74) is 2.94. The Hall–Kier alpha value is -1.39. The maximum atomic E-state index is 5.64. The lowest BCUT2D eigenvalue weighted by Crippen LogP contribution is -2.21. The average molecular weight is 281 g/mol. The van der Waals surface area contributed by atoms with Crippen LogP contribution in [0.15, 0.2) is 34.9 Å². The minimum atomic E-state index is 0.353. The third-order valence-electron chi connectivity index (χ3n) is 2.48. The Morgan fingerprint density at radius 1 is 1.39 bits per heavy atom. The average Bonchev–Trinajstić information content (AvgIpc) is 2.85. The summed E-state index contributed by atoms with van der Waals surface area (Å²) < 4.78 is 5.10. The van der Waals surface area contributed by atoms with Gasteiger partial charge in [-0.3, -0.25) is 0 Å². The van der Waals surface area contributed by atoms with E-state index < -0.39 is 0 Å². The first-order valence-electron chi connectivity index (χ1n) is 5.54. The van der Waals surface area contributed by atoms with E-state index in [0.29, 0.717) is 17.4 Å². The normalized spacial score (nSPS) is 10.3. The van der Waals surface area contributed by atoms with Crippen LogP contribution >= 0.6 is 23.8 Å². The SMILES string of the molecule is Cc1ccc(C(=S)NCc2cc(CCl)no2)cc1. The van der Waals surface area contributed by atoms with Crippen LogP contribution in [0.1, 0.15) is 22.6 Å². The van der Waals surface area contributed by atoms with Crippen LogP contribution in [-0.2, 0) is 12.4 Å². The highest BCUT2D eigenvalue weighted by molar-refractivity contribution is 7.80. The summed E-state index contributed by atoms with van der Waals surface area (Å²) in [4.78, 5) is 0.693. The lowest BCUT2D eigenvalue weighted by molar-refractivity contribution is 0.376. The molecule has 3 nitrogen and oxygen atoms in total. The highest BCUT2D eigenvalue weighted by Crippen LogP contribution is 2.07. The highest BCUT2D eigenvalue weighted by atomic mass is 35.5. The van der Waals surface area contributed by atoms with Crippen LogP contribution in [0.3, 0.4) is 0 Å². The minimum Gasteiger partial charge on any atom is -0.368 e. The third kappa shape index (κ3) is 3.31. The summed E-state index contributed by atoms with van der Waals surface area (Å²) >= 11 is 10.9. The Bertz CT molecular complexity index is 536. The number of rotatable bonds is 4. The number of hydrogen-bond acceptors (Lipinski definition) is 3. The number of nitrogens with one attached hydrogen (secondary N) is 1. The fourth-order valence-electron chi connectivity index (χ4n) is 1.48. The lowest BCUT2D eigenvalue weighted by atomic mass is 10.1. The van der Waals surface area contributed by atoms with Gasteiger partial charge in [-0.05, 0) is 6.92 Å². The molecule has 2 aromatic rings. The molecule has 1 aromatic heterocycles. The first-order valence-corrected chi connectivity index (χ1v) is 6.48. The van der Waals surface area contributed by atoms with E-state index in [-0.39, 0.29) is 0 Å². The molecule has 0 radical (unpaired) electrons. The first-order chi connectivity index (χ1) is 8.69. The lowest BCUT2D eigenvalue weighted by Gasteiger charge is -2.06. The van der Waals surface area contributed by atoms with Crippen LogP contribution in [0.5, 0.6) is 0 Å². The van der Waals surface area contributed by atoms with Crippen molar-refractivity contribution in [2.24, 2.45) is 0 Å². The van der Waals surface area contributed by atoms with Gasteiger partial charge in [0.25, 0.3) is 0 Å². The van der Waals surface area contributed by atoms with Gasteiger partial charge in [0.15, 0.2) is 5.76 Å². The van der Waals surface area contributed by atoms with Crippen molar-refractivity contribution in [3.8, 4) is 0 Å². The van der Waals surface area contributed by atoms with Crippen molar-refractivity contribution in [3.63, 3.8) is 0 Å². The van der Waals surface area contributed by atoms with Gasteiger partial charge in [-0.15, -0.1) is 11.6 Å². The van der Waals surface area contributed by atoms with Gasteiger partial charge in [-0.1, -0.05) is 47.2 Å². The van der Waals surface area contributed by atoms with Gasteiger partial charge >= 0.3 is 0 Å². The molecular weight excluding hydrogens is 268 g/mol. The Balaban J connectivity index is 1.93. The molecule has 0 atom stereocenters. The van der Waals surface area contributed by atoms with Crippen molar-refractivity contribution in [2.45, 2.75) is 19.3 Å². The summed E-state index contributed by atoms with van der Waals surface area (Å²) in [5, 5.41) is 6.93. The van der Waals surface area contributed by atoms with E-state index in [1.807, 2.05) is 37.3 Å². The molecule has 1 N–H and O–H groups in total. The summed E-state index contributed by atoms with van der Waals surface area (Å²) in [5.74, 6) is 1.08. The largest absolute Gasteiger partial charge is 0.368 e. The van der Waals surface area contributed by atoms with Gasteiger partial charge in [0, 0.05) is 11.6 Å². The number of halogens is 1. The number of alkyl halides is 1. The van der Waals surface area contributed by atoms with Crippen LogP contribution in [-0.4, -0.2) is 10.1 Å².